The molecule has 0 saturated heterocycles. The van der Waals surface area contributed by atoms with Gasteiger partial charge in [-0.15, -0.1) is 0 Å². The highest BCUT2D eigenvalue weighted by molar-refractivity contribution is 5.89. The van der Waals surface area contributed by atoms with Gasteiger partial charge >= 0.3 is 0 Å². The first kappa shape index (κ1) is 17.3. The van der Waals surface area contributed by atoms with E-state index in [2.05, 4.69) is 20.4 Å². The Bertz CT molecular complexity index is 848. The van der Waals surface area contributed by atoms with Crippen molar-refractivity contribution in [1.29, 1.82) is 0 Å². The number of aromatic nitrogens is 4. The number of anilines is 1. The summed E-state index contributed by atoms with van der Waals surface area (Å²) < 4.78 is 7.48. The van der Waals surface area contributed by atoms with Gasteiger partial charge in [0.25, 0.3) is 0 Å². The summed E-state index contributed by atoms with van der Waals surface area (Å²) in [6.45, 7) is 4.58. The third-order valence-corrected chi connectivity index (χ3v) is 3.96. The predicted molar refractivity (Wildman–Crippen MR) is 96.4 cm³/mol. The van der Waals surface area contributed by atoms with Gasteiger partial charge in [-0.3, -0.25) is 4.68 Å². The van der Waals surface area contributed by atoms with Crippen LogP contribution in [0.15, 0.2) is 30.3 Å². The van der Waals surface area contributed by atoms with E-state index in [4.69, 9.17) is 4.74 Å². The number of aliphatic hydroxyl groups is 1. The lowest BCUT2D eigenvalue weighted by Gasteiger charge is -2.18. The molecule has 0 amide bonds. The van der Waals surface area contributed by atoms with Crippen molar-refractivity contribution in [3.63, 3.8) is 0 Å². The van der Waals surface area contributed by atoms with Crippen molar-refractivity contribution in [2.24, 2.45) is 7.05 Å². The molecule has 0 fully saturated rings. The predicted octanol–water partition coefficient (Wildman–Crippen LogP) is 1.97. The lowest BCUT2D eigenvalue weighted by atomic mass is 10.2. The zero-order valence-electron chi connectivity index (χ0n) is 14.7. The molecule has 0 unspecified atom stereocenters. The van der Waals surface area contributed by atoms with E-state index < -0.39 is 0 Å². The van der Waals surface area contributed by atoms with Crippen molar-refractivity contribution in [1.82, 2.24) is 19.7 Å². The Labute approximate surface area is 146 Å². The molecule has 0 bridgehead atoms. The maximum Gasteiger partial charge on any atom is 0.163 e. The third-order valence-electron chi connectivity index (χ3n) is 3.96. The number of ether oxygens (including phenoxy) is 1. The second-order valence-electron chi connectivity index (χ2n) is 6.05. The van der Waals surface area contributed by atoms with Crippen molar-refractivity contribution in [2.75, 3.05) is 18.5 Å². The van der Waals surface area contributed by atoms with Gasteiger partial charge in [0.2, 0.25) is 0 Å². The number of fused-ring (bicyclic) bond motifs is 1. The van der Waals surface area contributed by atoms with Crippen LogP contribution in [0.4, 0.5) is 5.82 Å². The molecule has 132 valence electrons. The van der Waals surface area contributed by atoms with Gasteiger partial charge in [0.05, 0.1) is 36.9 Å². The molecular formula is C18H23N5O2. The number of aliphatic hydroxyl groups excluding tert-OH is 1. The van der Waals surface area contributed by atoms with E-state index in [0.29, 0.717) is 24.9 Å². The molecule has 3 rings (SSSR count). The monoisotopic (exact) mass is 341 g/mol. The molecule has 0 aliphatic carbocycles. The molecule has 1 atom stereocenters. The lowest BCUT2D eigenvalue weighted by Crippen LogP contribution is -2.30. The van der Waals surface area contributed by atoms with Gasteiger partial charge in [0, 0.05) is 7.05 Å². The third kappa shape index (κ3) is 3.94. The average Bonchev–Trinajstić information content (AvgIpc) is 2.89. The van der Waals surface area contributed by atoms with Crippen molar-refractivity contribution in [3.05, 3.63) is 47.4 Å². The van der Waals surface area contributed by atoms with Gasteiger partial charge in [-0.2, -0.15) is 5.10 Å². The van der Waals surface area contributed by atoms with Crippen LogP contribution in [0.1, 0.15) is 17.1 Å². The number of rotatable bonds is 7. The summed E-state index contributed by atoms with van der Waals surface area (Å²) in [5.74, 6) is 1.33. The lowest BCUT2D eigenvalue weighted by molar-refractivity contribution is 0.0951. The van der Waals surface area contributed by atoms with Gasteiger partial charge in [-0.25, -0.2) is 9.97 Å². The van der Waals surface area contributed by atoms with E-state index in [-0.39, 0.29) is 12.6 Å². The van der Waals surface area contributed by atoms with Crippen molar-refractivity contribution < 1.29 is 9.84 Å². The number of hydrogen-bond donors (Lipinski definition) is 2. The van der Waals surface area contributed by atoms with Crippen LogP contribution < -0.4 is 5.32 Å². The Balaban J connectivity index is 1.72. The summed E-state index contributed by atoms with van der Waals surface area (Å²) in [6.07, 6.45) is 0. The van der Waals surface area contributed by atoms with Crippen LogP contribution in [-0.4, -0.2) is 44.1 Å². The Morgan fingerprint density at radius 3 is 2.68 bits per heavy atom. The fourth-order valence-corrected chi connectivity index (χ4v) is 2.78. The van der Waals surface area contributed by atoms with E-state index in [9.17, 15) is 5.11 Å². The molecule has 0 spiro atoms. The second kappa shape index (κ2) is 7.58. The molecule has 3 aromatic rings. The SMILES string of the molecule is Cc1nc(N[C@H](CO)COCc2ccccc2)c2c(C)nn(C)c2n1. The summed E-state index contributed by atoms with van der Waals surface area (Å²) in [6, 6.07) is 9.69. The molecule has 7 nitrogen and oxygen atoms in total. The normalized spacial score (nSPS) is 12.5. The van der Waals surface area contributed by atoms with E-state index in [0.717, 1.165) is 22.3 Å². The highest BCUT2D eigenvalue weighted by atomic mass is 16.5. The Hall–Kier alpha value is -2.51. The summed E-state index contributed by atoms with van der Waals surface area (Å²) in [4.78, 5) is 8.93. The molecule has 0 radical (unpaired) electrons. The van der Waals surface area contributed by atoms with Crippen LogP contribution in [0.25, 0.3) is 11.0 Å². The number of aryl methyl sites for hydroxylation is 3. The van der Waals surface area contributed by atoms with Gasteiger partial charge < -0.3 is 15.2 Å². The molecule has 7 heteroatoms. The minimum atomic E-state index is -0.263. The summed E-state index contributed by atoms with van der Waals surface area (Å²) in [7, 11) is 1.86. The second-order valence-corrected chi connectivity index (χ2v) is 6.05. The van der Waals surface area contributed by atoms with Crippen LogP contribution >= 0.6 is 0 Å². The van der Waals surface area contributed by atoms with Gasteiger partial charge in [-0.1, -0.05) is 30.3 Å². The van der Waals surface area contributed by atoms with E-state index in [1.807, 2.05) is 51.2 Å². The van der Waals surface area contributed by atoms with Crippen molar-refractivity contribution >= 4 is 16.9 Å². The molecule has 25 heavy (non-hydrogen) atoms. The molecule has 0 aliphatic rings. The van der Waals surface area contributed by atoms with Crippen LogP contribution in [0.2, 0.25) is 0 Å². The first-order valence-electron chi connectivity index (χ1n) is 8.25. The van der Waals surface area contributed by atoms with E-state index in [1.165, 1.54) is 0 Å². The Kier molecular flexibility index (Phi) is 5.25. The molecule has 2 aromatic heterocycles. The first-order chi connectivity index (χ1) is 12.1. The number of nitrogens with one attached hydrogen (secondary N) is 1. The van der Waals surface area contributed by atoms with Gasteiger partial charge in [-0.05, 0) is 19.4 Å². The fraction of sp³-hybridized carbons (Fsp3) is 0.389. The van der Waals surface area contributed by atoms with Crippen LogP contribution in [0.3, 0.4) is 0 Å². The Morgan fingerprint density at radius 2 is 1.96 bits per heavy atom. The molecule has 0 aliphatic heterocycles. The van der Waals surface area contributed by atoms with Gasteiger partial charge in [0.15, 0.2) is 5.65 Å². The summed E-state index contributed by atoms with van der Waals surface area (Å²) in [5.41, 5.74) is 2.72. The van der Waals surface area contributed by atoms with Crippen molar-refractivity contribution in [2.45, 2.75) is 26.5 Å². The Morgan fingerprint density at radius 1 is 1.20 bits per heavy atom. The molecule has 1 aromatic carbocycles. The number of hydrogen-bond acceptors (Lipinski definition) is 6. The maximum atomic E-state index is 9.69. The maximum absolute atomic E-state index is 9.69. The largest absolute Gasteiger partial charge is 0.394 e. The van der Waals surface area contributed by atoms with E-state index >= 15 is 0 Å². The molecule has 2 heterocycles. The fourth-order valence-electron chi connectivity index (χ4n) is 2.78. The first-order valence-corrected chi connectivity index (χ1v) is 8.25. The molecule has 2 N–H and O–H groups in total. The van der Waals surface area contributed by atoms with Crippen LogP contribution in [0.5, 0.6) is 0 Å². The highest BCUT2D eigenvalue weighted by Crippen LogP contribution is 2.23. The topological polar surface area (TPSA) is 85.1 Å². The molecular weight excluding hydrogens is 318 g/mol. The zero-order valence-corrected chi connectivity index (χ0v) is 14.7. The average molecular weight is 341 g/mol. The number of benzene rings is 1. The minimum Gasteiger partial charge on any atom is -0.394 e. The minimum absolute atomic E-state index is 0.0569. The zero-order chi connectivity index (χ0) is 17.8. The smallest absolute Gasteiger partial charge is 0.163 e. The van der Waals surface area contributed by atoms with Crippen molar-refractivity contribution in [3.8, 4) is 0 Å². The number of nitrogens with zero attached hydrogens (tertiary/aromatic N) is 4. The van der Waals surface area contributed by atoms with E-state index in [1.54, 1.807) is 4.68 Å². The van der Waals surface area contributed by atoms with Gasteiger partial charge in [0.1, 0.15) is 11.6 Å². The standard InChI is InChI=1S/C18H23N5O2/c1-12-16-17(19-13(2)20-18(16)23(3)22-12)21-15(9-24)11-25-10-14-7-5-4-6-8-14/h4-8,15,24H,9-11H2,1-3H3,(H,19,20,21)/t15-/m1/s1. The summed E-state index contributed by atoms with van der Waals surface area (Å²) in [5, 5.41) is 18.2. The quantitative estimate of drug-likeness (QED) is 0.683. The van der Waals surface area contributed by atoms with Crippen LogP contribution in [-0.2, 0) is 18.4 Å². The highest BCUT2D eigenvalue weighted by Gasteiger charge is 2.17. The molecule has 0 saturated carbocycles. The van der Waals surface area contributed by atoms with Crippen LogP contribution in [0, 0.1) is 13.8 Å². The summed E-state index contributed by atoms with van der Waals surface area (Å²) >= 11 is 0.